The number of alkyl halides is 1. The normalized spacial score (nSPS) is 19.8. The second-order valence-corrected chi connectivity index (χ2v) is 4.34. The molecule has 0 fully saturated rings. The van der Waals surface area contributed by atoms with Gasteiger partial charge in [-0.05, 0) is 6.08 Å². The van der Waals surface area contributed by atoms with Gasteiger partial charge in [0.05, 0.1) is 17.2 Å². The lowest BCUT2D eigenvalue weighted by Crippen LogP contribution is -2.18. The molecule has 0 aromatic carbocycles. The second kappa shape index (κ2) is 7.54. The molecule has 0 amide bonds. The molecule has 86 valence electrons. The van der Waals surface area contributed by atoms with E-state index >= 15 is 0 Å². The summed E-state index contributed by atoms with van der Waals surface area (Å²) in [6.07, 6.45) is 4.44. The second-order valence-electron chi connectivity index (χ2n) is 3.00. The van der Waals surface area contributed by atoms with Gasteiger partial charge in [0, 0.05) is 24.4 Å². The predicted octanol–water partition coefficient (Wildman–Crippen LogP) is 1.20. The molecule has 0 saturated heterocycles. The maximum Gasteiger partial charge on any atom is 0.140 e. The highest BCUT2D eigenvalue weighted by Gasteiger charge is 2.06. The number of aliphatic hydroxyl groups excluding tert-OH is 1. The molecule has 1 aliphatic carbocycles. The fourth-order valence-corrected chi connectivity index (χ4v) is 1.59. The van der Waals surface area contributed by atoms with Gasteiger partial charge in [0.15, 0.2) is 0 Å². The number of hydrogen-bond donors (Lipinski definition) is 2. The first kappa shape index (κ1) is 13.4. The third kappa shape index (κ3) is 4.88. The molecule has 0 bridgehead atoms. The van der Waals surface area contributed by atoms with Crippen molar-refractivity contribution in [1.82, 2.24) is 5.32 Å². The molecular formula is C11H12FIN2O. The van der Waals surface area contributed by atoms with Crippen LogP contribution in [0.4, 0.5) is 4.39 Å². The molecule has 2 N–H and O–H groups in total. The summed E-state index contributed by atoms with van der Waals surface area (Å²) in [6, 6.07) is 0. The predicted molar refractivity (Wildman–Crippen MR) is 71.3 cm³/mol. The first-order valence-corrected chi connectivity index (χ1v) is 6.03. The SMILES string of the molecule is OCCNCN=CC1=CC(I)C#CC=C1F. The highest BCUT2D eigenvalue weighted by atomic mass is 127. The summed E-state index contributed by atoms with van der Waals surface area (Å²) < 4.78 is 13.4. The smallest absolute Gasteiger partial charge is 0.140 e. The molecule has 3 nitrogen and oxygen atoms in total. The summed E-state index contributed by atoms with van der Waals surface area (Å²) in [7, 11) is 0. The standard InChI is InChI=1S/C11H12FIN2O/c12-11-3-1-2-10(13)6-9(11)7-15-8-14-4-5-16/h3,6-7,10,14,16H,4-5,8H2. The molecule has 16 heavy (non-hydrogen) atoms. The monoisotopic (exact) mass is 334 g/mol. The van der Waals surface area contributed by atoms with Gasteiger partial charge >= 0.3 is 0 Å². The van der Waals surface area contributed by atoms with Crippen LogP contribution in [0.1, 0.15) is 0 Å². The van der Waals surface area contributed by atoms with Crippen molar-refractivity contribution in [1.29, 1.82) is 0 Å². The first-order chi connectivity index (χ1) is 7.74. The van der Waals surface area contributed by atoms with Gasteiger partial charge in [-0.1, -0.05) is 34.4 Å². The van der Waals surface area contributed by atoms with Crippen molar-refractivity contribution in [3.8, 4) is 11.8 Å². The average Bonchev–Trinajstić information content (AvgIpc) is 2.41. The number of rotatable bonds is 5. The van der Waals surface area contributed by atoms with E-state index in [1.807, 2.05) is 0 Å². The molecule has 0 saturated carbocycles. The zero-order valence-electron chi connectivity index (χ0n) is 8.58. The Balaban J connectivity index is 2.52. The van der Waals surface area contributed by atoms with Crippen LogP contribution in [0.2, 0.25) is 0 Å². The molecule has 0 heterocycles. The van der Waals surface area contributed by atoms with Crippen LogP contribution in [-0.2, 0) is 0 Å². The summed E-state index contributed by atoms with van der Waals surface area (Å²) in [5.74, 6) is 5.12. The lowest BCUT2D eigenvalue weighted by molar-refractivity contribution is 0.293. The zero-order chi connectivity index (χ0) is 11.8. The van der Waals surface area contributed by atoms with Crippen LogP contribution in [0.3, 0.4) is 0 Å². The Morgan fingerprint density at radius 3 is 3.25 bits per heavy atom. The molecule has 1 aliphatic rings. The minimum atomic E-state index is -0.363. The van der Waals surface area contributed by atoms with Crippen molar-refractivity contribution in [2.24, 2.45) is 4.99 Å². The fraction of sp³-hybridized carbons (Fsp3) is 0.364. The molecule has 0 aromatic heterocycles. The topological polar surface area (TPSA) is 44.6 Å². The lowest BCUT2D eigenvalue weighted by atomic mass is 10.2. The summed E-state index contributed by atoms with van der Waals surface area (Å²) in [5, 5.41) is 11.4. The van der Waals surface area contributed by atoms with E-state index in [1.165, 1.54) is 12.3 Å². The molecule has 0 aliphatic heterocycles. The Kier molecular flexibility index (Phi) is 6.30. The third-order valence-electron chi connectivity index (χ3n) is 1.74. The van der Waals surface area contributed by atoms with Gasteiger partial charge in [-0.2, -0.15) is 0 Å². The Bertz CT molecular complexity index is 379. The number of aliphatic imine (C=N–C) groups is 1. The minimum Gasteiger partial charge on any atom is -0.395 e. The molecule has 0 spiro atoms. The maximum atomic E-state index is 13.4. The molecule has 0 radical (unpaired) electrons. The Hall–Kier alpha value is -0.710. The van der Waals surface area contributed by atoms with E-state index in [9.17, 15) is 4.39 Å². The number of nitrogens with one attached hydrogen (secondary N) is 1. The van der Waals surface area contributed by atoms with Crippen LogP contribution in [0.5, 0.6) is 0 Å². The highest BCUT2D eigenvalue weighted by Crippen LogP contribution is 2.15. The molecule has 1 unspecified atom stereocenters. The Labute approximate surface area is 108 Å². The van der Waals surface area contributed by atoms with E-state index in [0.29, 0.717) is 18.8 Å². The maximum absolute atomic E-state index is 13.4. The fourth-order valence-electron chi connectivity index (χ4n) is 1.02. The molecule has 1 rings (SSSR count). The van der Waals surface area contributed by atoms with E-state index in [4.69, 9.17) is 5.11 Å². The van der Waals surface area contributed by atoms with Crippen molar-refractivity contribution in [2.75, 3.05) is 19.8 Å². The lowest BCUT2D eigenvalue weighted by Gasteiger charge is -1.99. The summed E-state index contributed by atoms with van der Waals surface area (Å²) in [5.41, 5.74) is 0.433. The van der Waals surface area contributed by atoms with Gasteiger partial charge in [0.2, 0.25) is 0 Å². The van der Waals surface area contributed by atoms with E-state index in [2.05, 4.69) is 44.7 Å². The van der Waals surface area contributed by atoms with Crippen LogP contribution >= 0.6 is 22.6 Å². The number of allylic oxidation sites excluding steroid dienone is 4. The zero-order valence-corrected chi connectivity index (χ0v) is 10.7. The van der Waals surface area contributed by atoms with Crippen molar-refractivity contribution >= 4 is 28.8 Å². The molecule has 0 aromatic rings. The molecule has 1 atom stereocenters. The Morgan fingerprint density at radius 1 is 1.69 bits per heavy atom. The van der Waals surface area contributed by atoms with Crippen molar-refractivity contribution in [3.63, 3.8) is 0 Å². The number of aliphatic hydroxyl groups is 1. The highest BCUT2D eigenvalue weighted by molar-refractivity contribution is 14.1. The van der Waals surface area contributed by atoms with E-state index < -0.39 is 0 Å². The van der Waals surface area contributed by atoms with Crippen molar-refractivity contribution in [2.45, 2.75) is 3.92 Å². The third-order valence-corrected chi connectivity index (χ3v) is 2.41. The van der Waals surface area contributed by atoms with Crippen LogP contribution in [0, 0.1) is 11.8 Å². The van der Waals surface area contributed by atoms with Gasteiger partial charge in [0.1, 0.15) is 5.83 Å². The van der Waals surface area contributed by atoms with Crippen molar-refractivity contribution < 1.29 is 9.50 Å². The molecule has 5 heteroatoms. The van der Waals surface area contributed by atoms with Gasteiger partial charge in [-0.25, -0.2) is 4.39 Å². The van der Waals surface area contributed by atoms with E-state index in [-0.39, 0.29) is 16.4 Å². The quantitative estimate of drug-likeness (QED) is 0.261. The number of nitrogens with zero attached hydrogens (tertiary/aromatic N) is 1. The van der Waals surface area contributed by atoms with Crippen LogP contribution in [-0.4, -0.2) is 35.1 Å². The minimum absolute atomic E-state index is 0.00560. The largest absolute Gasteiger partial charge is 0.395 e. The average molecular weight is 334 g/mol. The van der Waals surface area contributed by atoms with Crippen LogP contribution in [0.25, 0.3) is 0 Å². The summed E-state index contributed by atoms with van der Waals surface area (Å²) in [6.45, 7) is 0.904. The van der Waals surface area contributed by atoms with Crippen molar-refractivity contribution in [3.05, 3.63) is 23.6 Å². The van der Waals surface area contributed by atoms with E-state index in [0.717, 1.165) is 0 Å². The van der Waals surface area contributed by atoms with Crippen LogP contribution in [0.15, 0.2) is 28.5 Å². The summed E-state index contributed by atoms with van der Waals surface area (Å²) >= 11 is 2.12. The number of halogens is 2. The van der Waals surface area contributed by atoms with Gasteiger partial charge in [0.25, 0.3) is 0 Å². The van der Waals surface area contributed by atoms with Gasteiger partial charge in [-0.3, -0.25) is 10.3 Å². The number of hydrogen-bond acceptors (Lipinski definition) is 3. The Morgan fingerprint density at radius 2 is 2.50 bits per heavy atom. The van der Waals surface area contributed by atoms with Gasteiger partial charge < -0.3 is 5.11 Å². The van der Waals surface area contributed by atoms with Gasteiger partial charge in [-0.15, -0.1) is 0 Å². The summed E-state index contributed by atoms with van der Waals surface area (Å²) in [4.78, 5) is 4.00. The van der Waals surface area contributed by atoms with E-state index in [1.54, 1.807) is 6.08 Å². The first-order valence-electron chi connectivity index (χ1n) is 4.78. The van der Waals surface area contributed by atoms with Crippen LogP contribution < -0.4 is 5.32 Å². The molecular weight excluding hydrogens is 322 g/mol.